The van der Waals surface area contributed by atoms with E-state index in [2.05, 4.69) is 10.0 Å². The first-order chi connectivity index (χ1) is 14.7. The molecule has 0 heterocycles. The second-order valence-electron chi connectivity index (χ2n) is 6.80. The monoisotopic (exact) mass is 478 g/mol. The van der Waals surface area contributed by atoms with Gasteiger partial charge in [0.05, 0.1) is 18.0 Å². The minimum absolute atomic E-state index is 0.147. The maximum atomic E-state index is 12.8. The number of hydrogen-bond donors (Lipinski definition) is 2. The molecule has 0 aliphatic heterocycles. The Morgan fingerprint density at radius 3 is 2.26 bits per heavy atom. The van der Waals surface area contributed by atoms with Gasteiger partial charge in [-0.05, 0) is 48.0 Å². The van der Waals surface area contributed by atoms with Crippen molar-refractivity contribution < 1.29 is 17.9 Å². The summed E-state index contributed by atoms with van der Waals surface area (Å²) >= 11 is 12.0. The number of carbonyl (C=O) groups is 1. The van der Waals surface area contributed by atoms with Crippen LogP contribution in [0.2, 0.25) is 10.0 Å². The van der Waals surface area contributed by atoms with Crippen LogP contribution in [0.25, 0.3) is 0 Å². The molecule has 0 saturated carbocycles. The normalized spacial score (nSPS) is 12.2. The van der Waals surface area contributed by atoms with E-state index < -0.39 is 22.0 Å². The molecule has 0 aromatic heterocycles. The first-order valence-electron chi connectivity index (χ1n) is 9.25. The van der Waals surface area contributed by atoms with Crippen LogP contribution in [0.3, 0.4) is 0 Å². The van der Waals surface area contributed by atoms with Crippen molar-refractivity contribution in [3.05, 3.63) is 88.4 Å². The summed E-state index contributed by atoms with van der Waals surface area (Å²) in [7, 11) is -3.56. The molecular weight excluding hydrogens is 459 g/mol. The van der Waals surface area contributed by atoms with Gasteiger partial charge in [-0.15, -0.1) is 0 Å². The predicted molar refractivity (Wildman–Crippen MR) is 123 cm³/mol. The molecule has 9 heteroatoms. The fourth-order valence-corrected chi connectivity index (χ4v) is 3.91. The summed E-state index contributed by atoms with van der Waals surface area (Å²) in [5, 5.41) is 3.68. The van der Waals surface area contributed by atoms with Gasteiger partial charge in [0.25, 0.3) is 0 Å². The summed E-state index contributed by atoms with van der Waals surface area (Å²) in [6.07, 6.45) is 0.891. The van der Waals surface area contributed by atoms with Crippen molar-refractivity contribution in [2.45, 2.75) is 12.5 Å². The van der Waals surface area contributed by atoms with Crippen molar-refractivity contribution in [2.24, 2.45) is 0 Å². The number of halogens is 2. The molecule has 2 N–H and O–H groups in total. The van der Waals surface area contributed by atoms with E-state index in [1.54, 1.807) is 54.6 Å². The lowest BCUT2D eigenvalue weighted by Gasteiger charge is -2.19. The average Bonchev–Trinajstić information content (AvgIpc) is 2.70. The van der Waals surface area contributed by atoms with Crippen LogP contribution in [0.4, 0.5) is 5.69 Å². The Labute approximate surface area is 191 Å². The van der Waals surface area contributed by atoms with Crippen molar-refractivity contribution in [1.82, 2.24) is 4.72 Å². The van der Waals surface area contributed by atoms with Crippen molar-refractivity contribution in [1.29, 1.82) is 0 Å². The molecule has 0 aliphatic rings. The second-order valence-corrected chi connectivity index (χ2v) is 9.45. The lowest BCUT2D eigenvalue weighted by Crippen LogP contribution is -2.30. The number of rotatable bonds is 8. The van der Waals surface area contributed by atoms with Gasteiger partial charge in [0.15, 0.2) is 5.75 Å². The van der Waals surface area contributed by atoms with Gasteiger partial charge in [-0.3, -0.25) is 4.79 Å². The highest BCUT2D eigenvalue weighted by molar-refractivity contribution is 7.88. The predicted octanol–water partition coefficient (Wildman–Crippen LogP) is 5.40. The number of sulfonamides is 1. The first kappa shape index (κ1) is 23.1. The largest absolute Gasteiger partial charge is 0.455 e. The third-order valence-corrected chi connectivity index (χ3v) is 5.40. The van der Waals surface area contributed by atoms with Crippen molar-refractivity contribution >= 4 is 44.8 Å². The van der Waals surface area contributed by atoms with E-state index in [0.717, 1.165) is 6.26 Å². The number of para-hydroxylation sites is 1. The summed E-state index contributed by atoms with van der Waals surface area (Å²) in [5.74, 6) is 0.581. The Balaban J connectivity index is 1.80. The van der Waals surface area contributed by atoms with Gasteiger partial charge in [0, 0.05) is 16.5 Å². The topological polar surface area (TPSA) is 84.5 Å². The van der Waals surface area contributed by atoms with E-state index in [9.17, 15) is 13.2 Å². The highest BCUT2D eigenvalue weighted by Gasteiger charge is 2.21. The van der Waals surface area contributed by atoms with Crippen LogP contribution in [0.5, 0.6) is 11.5 Å². The van der Waals surface area contributed by atoms with Crippen LogP contribution in [-0.2, 0) is 14.8 Å². The molecule has 162 valence electrons. The molecule has 1 atom stereocenters. The average molecular weight is 479 g/mol. The van der Waals surface area contributed by atoms with Crippen LogP contribution in [0.1, 0.15) is 18.0 Å². The Morgan fingerprint density at radius 2 is 1.61 bits per heavy atom. The number of nitrogens with one attached hydrogen (secondary N) is 2. The van der Waals surface area contributed by atoms with Crippen LogP contribution < -0.4 is 14.8 Å². The number of benzene rings is 3. The van der Waals surface area contributed by atoms with Crippen LogP contribution >= 0.6 is 23.2 Å². The van der Waals surface area contributed by atoms with Crippen molar-refractivity contribution in [3.8, 4) is 11.5 Å². The lowest BCUT2D eigenvalue weighted by atomic mass is 10.0. The molecule has 3 aromatic carbocycles. The van der Waals surface area contributed by atoms with Crippen LogP contribution in [0.15, 0.2) is 72.8 Å². The minimum atomic E-state index is -3.56. The van der Waals surface area contributed by atoms with Gasteiger partial charge in [-0.1, -0.05) is 53.5 Å². The van der Waals surface area contributed by atoms with Crippen molar-refractivity contribution in [3.63, 3.8) is 0 Å². The lowest BCUT2D eigenvalue weighted by molar-refractivity contribution is -0.116. The van der Waals surface area contributed by atoms with Gasteiger partial charge in [0.1, 0.15) is 5.75 Å². The Bertz CT molecular complexity index is 1150. The van der Waals surface area contributed by atoms with E-state index in [4.69, 9.17) is 27.9 Å². The van der Waals surface area contributed by atoms with E-state index in [1.807, 2.05) is 18.2 Å². The SMILES string of the molecule is CS(=O)(=O)N[C@H](CC(=O)Nc1cc(Cl)ccc1Oc1ccccc1)c1ccc(Cl)cc1. The number of hydrogen-bond acceptors (Lipinski definition) is 4. The zero-order valence-electron chi connectivity index (χ0n) is 16.5. The fraction of sp³-hybridized carbons (Fsp3) is 0.136. The van der Waals surface area contributed by atoms with E-state index in [0.29, 0.717) is 32.8 Å². The minimum Gasteiger partial charge on any atom is -0.455 e. The molecule has 0 aliphatic carbocycles. The van der Waals surface area contributed by atoms with Gasteiger partial charge in [0.2, 0.25) is 15.9 Å². The Hall–Kier alpha value is -2.58. The smallest absolute Gasteiger partial charge is 0.226 e. The Kier molecular flexibility index (Phi) is 7.56. The molecule has 0 spiro atoms. The quantitative estimate of drug-likeness (QED) is 0.453. The van der Waals surface area contributed by atoms with Crippen LogP contribution in [-0.4, -0.2) is 20.6 Å². The summed E-state index contributed by atoms with van der Waals surface area (Å²) in [6.45, 7) is 0. The molecule has 3 rings (SSSR count). The maximum absolute atomic E-state index is 12.8. The molecule has 31 heavy (non-hydrogen) atoms. The molecule has 3 aromatic rings. The molecule has 0 bridgehead atoms. The molecule has 0 fully saturated rings. The molecule has 1 amide bonds. The maximum Gasteiger partial charge on any atom is 0.226 e. The Morgan fingerprint density at radius 1 is 0.968 bits per heavy atom. The molecule has 0 radical (unpaired) electrons. The van der Waals surface area contributed by atoms with E-state index >= 15 is 0 Å². The fourth-order valence-electron chi connectivity index (χ4n) is 2.87. The summed E-state index contributed by atoms with van der Waals surface area (Å²) in [6, 6.07) is 19.8. The third-order valence-electron chi connectivity index (χ3n) is 4.20. The molecular formula is C22H20Cl2N2O4S. The third kappa shape index (κ3) is 7.25. The number of carbonyl (C=O) groups excluding carboxylic acids is 1. The number of ether oxygens (including phenoxy) is 1. The summed E-state index contributed by atoms with van der Waals surface area (Å²) in [5.41, 5.74) is 0.979. The van der Waals surface area contributed by atoms with Crippen LogP contribution in [0, 0.1) is 0 Å². The second kappa shape index (κ2) is 10.2. The number of anilines is 1. The molecule has 0 unspecified atom stereocenters. The molecule has 6 nitrogen and oxygen atoms in total. The highest BCUT2D eigenvalue weighted by Crippen LogP contribution is 2.32. The van der Waals surface area contributed by atoms with E-state index in [-0.39, 0.29) is 6.42 Å². The van der Waals surface area contributed by atoms with Gasteiger partial charge >= 0.3 is 0 Å². The van der Waals surface area contributed by atoms with Gasteiger partial charge < -0.3 is 10.1 Å². The van der Waals surface area contributed by atoms with E-state index in [1.165, 1.54) is 0 Å². The summed E-state index contributed by atoms with van der Waals surface area (Å²) < 4.78 is 32.0. The van der Waals surface area contributed by atoms with Gasteiger partial charge in [-0.25, -0.2) is 13.1 Å². The molecule has 0 saturated heterocycles. The van der Waals surface area contributed by atoms with Crippen molar-refractivity contribution in [2.75, 3.05) is 11.6 Å². The zero-order chi connectivity index (χ0) is 22.4. The van der Waals surface area contributed by atoms with Gasteiger partial charge in [-0.2, -0.15) is 0 Å². The summed E-state index contributed by atoms with van der Waals surface area (Å²) in [4.78, 5) is 12.8. The highest BCUT2D eigenvalue weighted by atomic mass is 35.5. The first-order valence-corrected chi connectivity index (χ1v) is 11.9. The standard InChI is InChI=1S/C22H20Cl2N2O4S/c1-31(28,29)26-19(15-7-9-16(23)10-8-15)14-22(27)25-20-13-17(24)11-12-21(20)30-18-5-3-2-4-6-18/h2-13,19,26H,14H2,1H3,(H,25,27)/t19-/m1/s1. The zero-order valence-corrected chi connectivity index (χ0v) is 18.8. The number of amides is 1.